The largest absolute Gasteiger partial charge is 0.305 e. The first kappa shape index (κ1) is 18.2. The van der Waals surface area contributed by atoms with Gasteiger partial charge in [-0.05, 0) is 36.4 Å². The first-order chi connectivity index (χ1) is 13.6. The van der Waals surface area contributed by atoms with Gasteiger partial charge in [-0.15, -0.1) is 0 Å². The van der Waals surface area contributed by atoms with Crippen molar-refractivity contribution in [2.24, 2.45) is 17.2 Å². The second kappa shape index (κ2) is 7.47. The Morgan fingerprint density at radius 1 is 0.536 bits per heavy atom. The van der Waals surface area contributed by atoms with E-state index in [2.05, 4.69) is 0 Å². The third-order valence-corrected chi connectivity index (χ3v) is 4.95. The van der Waals surface area contributed by atoms with Crippen LogP contribution in [0.15, 0.2) is 84.9 Å². The van der Waals surface area contributed by atoms with E-state index in [0.717, 1.165) is 11.4 Å². The Labute approximate surface area is 163 Å². The molecule has 28 heavy (non-hydrogen) atoms. The van der Waals surface area contributed by atoms with Gasteiger partial charge in [-0.3, -0.25) is 17.2 Å². The van der Waals surface area contributed by atoms with Crippen LogP contribution < -0.4 is 31.9 Å². The Hall–Kier alpha value is -3.13. The molecule has 1 fully saturated rings. The number of rotatable bonds is 3. The average Bonchev–Trinajstić information content (AvgIpc) is 2.71. The molecule has 6 nitrogen and oxygen atoms in total. The molecule has 3 aromatic rings. The molecule has 1 aliphatic rings. The van der Waals surface area contributed by atoms with Crippen molar-refractivity contribution in [3.8, 4) is 0 Å². The molecular weight excluding hydrogens is 355 g/mol. The summed E-state index contributed by atoms with van der Waals surface area (Å²) in [5, 5.41) is 0. The van der Waals surface area contributed by atoms with Crippen molar-refractivity contribution in [2.45, 2.75) is 18.9 Å². The van der Waals surface area contributed by atoms with Gasteiger partial charge in [-0.1, -0.05) is 48.5 Å². The highest BCUT2D eigenvalue weighted by Crippen LogP contribution is 2.33. The van der Waals surface area contributed by atoms with Crippen molar-refractivity contribution >= 4 is 17.1 Å². The molecule has 1 aliphatic heterocycles. The van der Waals surface area contributed by atoms with Crippen molar-refractivity contribution in [3.05, 3.63) is 90.7 Å². The first-order valence-corrected chi connectivity index (χ1v) is 9.06. The number of para-hydroxylation sites is 3. The van der Waals surface area contributed by atoms with Gasteiger partial charge in [0.2, 0.25) is 0 Å². The number of halogens is 1. The first-order valence-electron chi connectivity index (χ1n) is 9.06. The van der Waals surface area contributed by atoms with Gasteiger partial charge in [-0.2, -0.15) is 0 Å². The quantitative estimate of drug-likeness (QED) is 0.649. The SMILES string of the molecule is NC1N(c2ccccc2)C(N)N(c2ccccc2F)C(N)N1c1ccccc1. The molecule has 144 valence electrons. The third-order valence-electron chi connectivity index (χ3n) is 4.95. The van der Waals surface area contributed by atoms with Crippen molar-refractivity contribution in [1.29, 1.82) is 0 Å². The van der Waals surface area contributed by atoms with Crippen LogP contribution in [0.1, 0.15) is 0 Å². The molecule has 4 rings (SSSR count). The lowest BCUT2D eigenvalue weighted by Gasteiger charge is -2.56. The standard InChI is InChI=1S/C21H23FN6/c22-17-13-7-8-14-18(17)28-20(24)26(15-9-3-1-4-10-15)19(23)27(21(28)25)16-11-5-2-6-12-16/h1-14,19-21H,23-25H2. The maximum absolute atomic E-state index is 14.7. The summed E-state index contributed by atoms with van der Waals surface area (Å²) in [5.41, 5.74) is 21.7. The second-order valence-corrected chi connectivity index (χ2v) is 6.59. The number of hydrogen-bond donors (Lipinski definition) is 3. The molecule has 0 saturated carbocycles. The Morgan fingerprint density at radius 3 is 1.39 bits per heavy atom. The lowest BCUT2D eigenvalue weighted by Crippen LogP contribution is -2.79. The normalized spacial score (nSPS) is 22.4. The van der Waals surface area contributed by atoms with E-state index in [1.807, 2.05) is 70.5 Å². The number of nitrogens with two attached hydrogens (primary N) is 3. The van der Waals surface area contributed by atoms with E-state index in [9.17, 15) is 4.39 Å². The molecule has 3 aromatic carbocycles. The molecule has 0 radical (unpaired) electrons. The highest BCUT2D eigenvalue weighted by Gasteiger charge is 2.43. The number of hydrogen-bond acceptors (Lipinski definition) is 6. The zero-order chi connectivity index (χ0) is 19.7. The van der Waals surface area contributed by atoms with Gasteiger partial charge in [0.15, 0.2) is 18.9 Å². The number of nitrogens with zero attached hydrogens (tertiary/aromatic N) is 3. The lowest BCUT2D eigenvalue weighted by atomic mass is 10.2. The summed E-state index contributed by atoms with van der Waals surface area (Å²) in [7, 11) is 0. The van der Waals surface area contributed by atoms with Crippen LogP contribution in [-0.2, 0) is 0 Å². The van der Waals surface area contributed by atoms with Crippen LogP contribution in [0.4, 0.5) is 21.5 Å². The van der Waals surface area contributed by atoms with Gasteiger partial charge in [0.25, 0.3) is 0 Å². The number of anilines is 3. The van der Waals surface area contributed by atoms with Gasteiger partial charge in [0, 0.05) is 11.4 Å². The summed E-state index contributed by atoms with van der Waals surface area (Å²) >= 11 is 0. The Kier molecular flexibility index (Phi) is 4.87. The van der Waals surface area contributed by atoms with Gasteiger partial charge < -0.3 is 14.7 Å². The van der Waals surface area contributed by atoms with Gasteiger partial charge in [-0.25, -0.2) is 4.39 Å². The van der Waals surface area contributed by atoms with Crippen LogP contribution in [0.2, 0.25) is 0 Å². The van der Waals surface area contributed by atoms with Crippen LogP contribution in [0.3, 0.4) is 0 Å². The minimum Gasteiger partial charge on any atom is -0.305 e. The predicted octanol–water partition coefficient (Wildman–Crippen LogP) is 2.39. The summed E-state index contributed by atoms with van der Waals surface area (Å²) in [6, 6.07) is 25.6. The predicted molar refractivity (Wildman–Crippen MR) is 111 cm³/mol. The second-order valence-electron chi connectivity index (χ2n) is 6.59. The average molecular weight is 378 g/mol. The van der Waals surface area contributed by atoms with E-state index in [-0.39, 0.29) is 0 Å². The molecule has 0 spiro atoms. The minimum absolute atomic E-state index is 0.316. The molecular formula is C21H23FN6. The van der Waals surface area contributed by atoms with Crippen LogP contribution >= 0.6 is 0 Å². The molecule has 2 atom stereocenters. The fourth-order valence-corrected chi connectivity index (χ4v) is 3.63. The molecule has 0 aliphatic carbocycles. The fourth-order valence-electron chi connectivity index (χ4n) is 3.63. The van der Waals surface area contributed by atoms with Crippen molar-refractivity contribution in [1.82, 2.24) is 0 Å². The van der Waals surface area contributed by atoms with E-state index in [1.165, 1.54) is 6.07 Å². The van der Waals surface area contributed by atoms with E-state index in [0.29, 0.717) is 5.69 Å². The topological polar surface area (TPSA) is 87.8 Å². The molecule has 1 heterocycles. The van der Waals surface area contributed by atoms with Gasteiger partial charge >= 0.3 is 0 Å². The van der Waals surface area contributed by atoms with Gasteiger partial charge in [0.1, 0.15) is 5.82 Å². The molecule has 2 unspecified atom stereocenters. The highest BCUT2D eigenvalue weighted by atomic mass is 19.1. The van der Waals surface area contributed by atoms with Crippen molar-refractivity contribution < 1.29 is 4.39 Å². The van der Waals surface area contributed by atoms with Crippen LogP contribution in [-0.4, -0.2) is 18.9 Å². The van der Waals surface area contributed by atoms with Crippen molar-refractivity contribution in [2.75, 3.05) is 14.7 Å². The monoisotopic (exact) mass is 378 g/mol. The molecule has 0 aromatic heterocycles. The lowest BCUT2D eigenvalue weighted by molar-refractivity contribution is 0.351. The Bertz CT molecular complexity index is 869. The number of benzene rings is 3. The van der Waals surface area contributed by atoms with E-state index >= 15 is 0 Å². The third kappa shape index (κ3) is 3.05. The maximum Gasteiger partial charge on any atom is 0.160 e. The molecule has 0 bridgehead atoms. The zero-order valence-electron chi connectivity index (χ0n) is 15.3. The molecule has 7 heteroatoms. The van der Waals surface area contributed by atoms with E-state index in [1.54, 1.807) is 23.1 Å². The van der Waals surface area contributed by atoms with Crippen LogP contribution in [0.25, 0.3) is 0 Å². The maximum atomic E-state index is 14.7. The Balaban J connectivity index is 1.85. The summed E-state index contributed by atoms with van der Waals surface area (Å²) in [6.07, 6.45) is -2.16. The fraction of sp³-hybridized carbons (Fsp3) is 0.143. The molecule has 0 amide bonds. The van der Waals surface area contributed by atoms with Crippen LogP contribution in [0.5, 0.6) is 0 Å². The van der Waals surface area contributed by atoms with E-state index < -0.39 is 24.7 Å². The summed E-state index contributed by atoms with van der Waals surface area (Å²) in [6.45, 7) is 0. The minimum atomic E-state index is -0.760. The summed E-state index contributed by atoms with van der Waals surface area (Å²) < 4.78 is 14.7. The van der Waals surface area contributed by atoms with Crippen LogP contribution in [0, 0.1) is 5.82 Å². The smallest absolute Gasteiger partial charge is 0.160 e. The zero-order valence-corrected chi connectivity index (χ0v) is 15.3. The molecule has 1 saturated heterocycles. The highest BCUT2D eigenvalue weighted by molar-refractivity contribution is 5.62. The van der Waals surface area contributed by atoms with Crippen molar-refractivity contribution in [3.63, 3.8) is 0 Å². The Morgan fingerprint density at radius 2 is 0.929 bits per heavy atom. The summed E-state index contributed by atoms with van der Waals surface area (Å²) in [4.78, 5) is 5.28. The van der Waals surface area contributed by atoms with E-state index in [4.69, 9.17) is 17.2 Å². The summed E-state index contributed by atoms with van der Waals surface area (Å²) in [5.74, 6) is -0.398. The molecule has 6 N–H and O–H groups in total. The van der Waals surface area contributed by atoms with Gasteiger partial charge in [0.05, 0.1) is 5.69 Å².